The summed E-state index contributed by atoms with van der Waals surface area (Å²) < 4.78 is 39.7. The lowest BCUT2D eigenvalue weighted by atomic mass is 9.99. The third-order valence-electron chi connectivity index (χ3n) is 3.42. The van der Waals surface area contributed by atoms with Crippen LogP contribution in [0, 0.1) is 11.7 Å². The van der Waals surface area contributed by atoms with Crippen LogP contribution >= 0.6 is 0 Å². The molecule has 2 atom stereocenters. The minimum Gasteiger partial charge on any atom is -0.398 e. The van der Waals surface area contributed by atoms with Crippen LogP contribution in [0.25, 0.3) is 0 Å². The summed E-state index contributed by atoms with van der Waals surface area (Å²) in [6.07, 6.45) is -0.182. The SMILES string of the molecule is CC1CN(S(=O)(=O)c2c(N)cccc2F)CCC1O. The number of sulfonamides is 1. The predicted octanol–water partition coefficient (Wildman–Crippen LogP) is 0.799. The van der Waals surface area contributed by atoms with Gasteiger partial charge in [-0.25, -0.2) is 12.8 Å². The average molecular weight is 288 g/mol. The van der Waals surface area contributed by atoms with E-state index in [1.54, 1.807) is 6.92 Å². The molecule has 106 valence electrons. The molecule has 0 saturated carbocycles. The van der Waals surface area contributed by atoms with Crippen LogP contribution in [0.4, 0.5) is 10.1 Å². The van der Waals surface area contributed by atoms with Crippen molar-refractivity contribution in [1.82, 2.24) is 4.31 Å². The van der Waals surface area contributed by atoms with Gasteiger partial charge in [0, 0.05) is 13.1 Å². The summed E-state index contributed by atoms with van der Waals surface area (Å²) in [5.74, 6) is -1.03. The lowest BCUT2D eigenvalue weighted by Gasteiger charge is -2.33. The lowest BCUT2D eigenvalue weighted by molar-refractivity contribution is 0.0628. The number of hydrogen-bond acceptors (Lipinski definition) is 4. The summed E-state index contributed by atoms with van der Waals surface area (Å²) in [4.78, 5) is -0.474. The molecule has 1 fully saturated rings. The van der Waals surface area contributed by atoms with E-state index in [1.165, 1.54) is 16.4 Å². The fourth-order valence-electron chi connectivity index (χ4n) is 2.24. The van der Waals surface area contributed by atoms with E-state index in [9.17, 15) is 17.9 Å². The quantitative estimate of drug-likeness (QED) is 0.788. The number of aliphatic hydroxyl groups is 1. The first-order valence-corrected chi connectivity index (χ1v) is 7.50. The Labute approximate surface area is 111 Å². The Morgan fingerprint density at radius 1 is 1.47 bits per heavy atom. The van der Waals surface area contributed by atoms with Gasteiger partial charge in [0.1, 0.15) is 10.7 Å². The van der Waals surface area contributed by atoms with Crippen molar-refractivity contribution < 1.29 is 17.9 Å². The number of aliphatic hydroxyl groups excluding tert-OH is 1. The predicted molar refractivity (Wildman–Crippen MR) is 69.4 cm³/mol. The van der Waals surface area contributed by atoms with Crippen LogP contribution in [0.3, 0.4) is 0 Å². The summed E-state index contributed by atoms with van der Waals surface area (Å²) in [7, 11) is -3.96. The molecule has 1 heterocycles. The van der Waals surface area contributed by atoms with Crippen LogP contribution in [0.2, 0.25) is 0 Å². The van der Waals surface area contributed by atoms with Gasteiger partial charge in [-0.15, -0.1) is 0 Å². The number of nitrogens with two attached hydrogens (primary N) is 1. The summed E-state index contributed by atoms with van der Waals surface area (Å²) in [5.41, 5.74) is 5.48. The number of benzene rings is 1. The molecule has 19 heavy (non-hydrogen) atoms. The van der Waals surface area contributed by atoms with Gasteiger partial charge in [0.2, 0.25) is 10.0 Å². The highest BCUT2D eigenvalue weighted by molar-refractivity contribution is 7.89. The molecular weight excluding hydrogens is 271 g/mol. The van der Waals surface area contributed by atoms with Crippen LogP contribution < -0.4 is 5.73 Å². The Bertz CT molecular complexity index is 556. The molecule has 3 N–H and O–H groups in total. The van der Waals surface area contributed by atoms with Gasteiger partial charge in [-0.1, -0.05) is 13.0 Å². The molecule has 1 aromatic rings. The maximum atomic E-state index is 13.7. The second-order valence-corrected chi connectivity index (χ2v) is 6.73. The molecule has 2 rings (SSSR count). The Morgan fingerprint density at radius 3 is 2.74 bits per heavy atom. The zero-order valence-electron chi connectivity index (χ0n) is 10.6. The number of halogens is 1. The summed E-state index contributed by atoms with van der Waals surface area (Å²) in [5, 5.41) is 9.62. The van der Waals surface area contributed by atoms with E-state index in [-0.39, 0.29) is 24.7 Å². The normalized spacial score (nSPS) is 25.4. The van der Waals surface area contributed by atoms with Gasteiger partial charge in [-0.05, 0) is 24.5 Å². The maximum Gasteiger partial charge on any atom is 0.248 e. The van der Waals surface area contributed by atoms with Gasteiger partial charge < -0.3 is 10.8 Å². The van der Waals surface area contributed by atoms with Crippen LogP contribution in [0.15, 0.2) is 23.1 Å². The second kappa shape index (κ2) is 5.07. The van der Waals surface area contributed by atoms with Crippen molar-refractivity contribution in [1.29, 1.82) is 0 Å². The highest BCUT2D eigenvalue weighted by Crippen LogP contribution is 2.28. The van der Waals surface area contributed by atoms with Gasteiger partial charge in [-0.3, -0.25) is 0 Å². The first kappa shape index (κ1) is 14.2. The molecule has 0 amide bonds. The average Bonchev–Trinajstić information content (AvgIpc) is 2.32. The fraction of sp³-hybridized carbons (Fsp3) is 0.500. The summed E-state index contributed by atoms with van der Waals surface area (Å²) in [6.45, 7) is 2.09. The third kappa shape index (κ3) is 2.58. The zero-order chi connectivity index (χ0) is 14.2. The summed E-state index contributed by atoms with van der Waals surface area (Å²) in [6, 6.07) is 3.80. The number of rotatable bonds is 2. The number of anilines is 1. The van der Waals surface area contributed by atoms with Crippen molar-refractivity contribution >= 4 is 15.7 Å². The minimum atomic E-state index is -3.96. The Balaban J connectivity index is 2.38. The molecule has 0 radical (unpaired) electrons. The molecule has 1 aliphatic rings. The summed E-state index contributed by atoms with van der Waals surface area (Å²) >= 11 is 0. The van der Waals surface area contributed by atoms with Gasteiger partial charge in [0.15, 0.2) is 0 Å². The van der Waals surface area contributed by atoms with Crippen molar-refractivity contribution in [3.8, 4) is 0 Å². The molecule has 1 aliphatic heterocycles. The standard InChI is InChI=1S/C12H17FN2O3S/c1-8-7-15(6-5-11(8)16)19(17,18)12-9(13)3-2-4-10(12)14/h2-4,8,11,16H,5-7,14H2,1H3. The van der Waals surface area contributed by atoms with Gasteiger partial charge >= 0.3 is 0 Å². The Kier molecular flexibility index (Phi) is 3.80. The number of nitrogens with zero attached hydrogens (tertiary/aromatic N) is 1. The first-order valence-electron chi connectivity index (χ1n) is 6.06. The molecular formula is C12H17FN2O3S. The molecule has 0 aliphatic carbocycles. The van der Waals surface area contributed by atoms with Gasteiger partial charge in [-0.2, -0.15) is 4.31 Å². The highest BCUT2D eigenvalue weighted by atomic mass is 32.2. The number of piperidine rings is 1. The van der Waals surface area contributed by atoms with E-state index < -0.39 is 26.8 Å². The molecule has 7 heteroatoms. The monoisotopic (exact) mass is 288 g/mol. The molecule has 2 unspecified atom stereocenters. The Morgan fingerprint density at radius 2 is 2.16 bits per heavy atom. The topological polar surface area (TPSA) is 83.6 Å². The van der Waals surface area contributed by atoms with E-state index in [1.807, 2.05) is 0 Å². The van der Waals surface area contributed by atoms with Gasteiger partial charge in [0.05, 0.1) is 11.8 Å². The third-order valence-corrected chi connectivity index (χ3v) is 5.38. The molecule has 0 bridgehead atoms. The van der Waals surface area contributed by atoms with Gasteiger partial charge in [0.25, 0.3) is 0 Å². The van der Waals surface area contributed by atoms with E-state index in [2.05, 4.69) is 0 Å². The number of nitrogen functional groups attached to an aromatic ring is 1. The second-order valence-electron chi connectivity index (χ2n) is 4.85. The smallest absolute Gasteiger partial charge is 0.248 e. The van der Waals surface area contributed by atoms with E-state index in [0.717, 1.165) is 6.07 Å². The van der Waals surface area contributed by atoms with Crippen LogP contribution in [-0.2, 0) is 10.0 Å². The van der Waals surface area contributed by atoms with Crippen LogP contribution in [0.1, 0.15) is 13.3 Å². The fourth-order valence-corrected chi connectivity index (χ4v) is 3.96. The van der Waals surface area contributed by atoms with E-state index in [0.29, 0.717) is 6.42 Å². The maximum absolute atomic E-state index is 13.7. The van der Waals surface area contributed by atoms with Crippen molar-refractivity contribution in [2.75, 3.05) is 18.8 Å². The van der Waals surface area contributed by atoms with Crippen molar-refractivity contribution in [3.05, 3.63) is 24.0 Å². The van der Waals surface area contributed by atoms with E-state index >= 15 is 0 Å². The largest absolute Gasteiger partial charge is 0.398 e. The molecule has 0 aromatic heterocycles. The molecule has 5 nitrogen and oxygen atoms in total. The Hall–Kier alpha value is -1.18. The highest BCUT2D eigenvalue weighted by Gasteiger charge is 2.35. The number of hydrogen-bond donors (Lipinski definition) is 2. The van der Waals surface area contributed by atoms with Crippen molar-refractivity contribution in [3.63, 3.8) is 0 Å². The first-order chi connectivity index (χ1) is 8.84. The minimum absolute atomic E-state index is 0.0984. The van der Waals surface area contributed by atoms with Crippen molar-refractivity contribution in [2.24, 2.45) is 5.92 Å². The lowest BCUT2D eigenvalue weighted by Crippen LogP contribution is -2.45. The van der Waals surface area contributed by atoms with Crippen molar-refractivity contribution in [2.45, 2.75) is 24.3 Å². The van der Waals surface area contributed by atoms with Crippen LogP contribution in [0.5, 0.6) is 0 Å². The molecule has 1 saturated heterocycles. The molecule has 1 aromatic carbocycles. The van der Waals surface area contributed by atoms with E-state index in [4.69, 9.17) is 5.73 Å². The van der Waals surface area contributed by atoms with Crippen LogP contribution in [-0.4, -0.2) is 37.0 Å². The zero-order valence-corrected chi connectivity index (χ0v) is 11.4. The molecule has 0 spiro atoms.